The Balaban J connectivity index is 1.41. The van der Waals surface area contributed by atoms with Gasteiger partial charge in [-0.2, -0.15) is 0 Å². The Morgan fingerprint density at radius 2 is 1.84 bits per heavy atom. The normalized spacial score (nSPS) is 10.9. The number of hydrogen-bond acceptors (Lipinski definition) is 4. The van der Waals surface area contributed by atoms with Crippen molar-refractivity contribution in [3.8, 4) is 5.75 Å². The third kappa shape index (κ3) is 5.09. The van der Waals surface area contributed by atoms with Crippen molar-refractivity contribution >= 4 is 28.6 Å². The van der Waals surface area contributed by atoms with Crippen LogP contribution in [-0.2, 0) is 13.0 Å². The summed E-state index contributed by atoms with van der Waals surface area (Å²) in [5.41, 5.74) is 10.5. The van der Waals surface area contributed by atoms with Gasteiger partial charge in [-0.3, -0.25) is 4.79 Å². The Labute approximate surface area is 188 Å². The number of carbonyl (C=O) groups is 1. The highest BCUT2D eigenvalue weighted by molar-refractivity contribution is 6.05. The minimum absolute atomic E-state index is 0.179. The van der Waals surface area contributed by atoms with E-state index in [0.29, 0.717) is 23.8 Å². The first-order valence-corrected chi connectivity index (χ1v) is 11.0. The fourth-order valence-electron chi connectivity index (χ4n) is 3.67. The standard InChI is InChI=1S/C26H28N4O2/c1-2-17-32-22-13-10-20(11-14-22)25(31)28-21-12-15-24-23(18-21)29-26(27)30(24)16-6-9-19-7-4-3-5-8-19/h3-5,7-8,10-15,18H,2,6,9,16-17H2,1H3,(H2,27,29)(H,28,31). The van der Waals surface area contributed by atoms with Gasteiger partial charge in [0, 0.05) is 17.8 Å². The van der Waals surface area contributed by atoms with Crippen molar-refractivity contribution in [1.82, 2.24) is 9.55 Å². The lowest BCUT2D eigenvalue weighted by Gasteiger charge is -2.09. The van der Waals surface area contributed by atoms with Crippen LogP contribution in [0.3, 0.4) is 0 Å². The zero-order chi connectivity index (χ0) is 22.3. The van der Waals surface area contributed by atoms with Crippen LogP contribution in [0.25, 0.3) is 11.0 Å². The molecule has 4 aromatic rings. The Kier molecular flexibility index (Phi) is 6.70. The summed E-state index contributed by atoms with van der Waals surface area (Å²) in [6.07, 6.45) is 2.89. The molecule has 3 N–H and O–H groups in total. The van der Waals surface area contributed by atoms with Gasteiger partial charge in [0.05, 0.1) is 17.6 Å². The Morgan fingerprint density at radius 3 is 2.59 bits per heavy atom. The first-order valence-electron chi connectivity index (χ1n) is 11.0. The Hall–Kier alpha value is -3.80. The lowest BCUT2D eigenvalue weighted by Crippen LogP contribution is -2.11. The highest BCUT2D eigenvalue weighted by Gasteiger charge is 2.11. The number of amides is 1. The Morgan fingerprint density at radius 1 is 1.06 bits per heavy atom. The molecule has 0 aliphatic carbocycles. The summed E-state index contributed by atoms with van der Waals surface area (Å²) >= 11 is 0. The third-order valence-corrected chi connectivity index (χ3v) is 5.31. The van der Waals surface area contributed by atoms with E-state index in [0.717, 1.165) is 42.6 Å². The summed E-state index contributed by atoms with van der Waals surface area (Å²) in [7, 11) is 0. The van der Waals surface area contributed by atoms with Crippen LogP contribution >= 0.6 is 0 Å². The number of hydrogen-bond donors (Lipinski definition) is 2. The number of nitrogen functional groups attached to an aromatic ring is 1. The number of ether oxygens (including phenoxy) is 1. The third-order valence-electron chi connectivity index (χ3n) is 5.31. The van der Waals surface area contributed by atoms with Gasteiger partial charge in [0.2, 0.25) is 5.95 Å². The maximum absolute atomic E-state index is 12.6. The van der Waals surface area contributed by atoms with E-state index in [1.807, 2.05) is 41.0 Å². The first-order chi connectivity index (χ1) is 15.6. The average molecular weight is 429 g/mol. The van der Waals surface area contributed by atoms with Crippen molar-refractivity contribution < 1.29 is 9.53 Å². The summed E-state index contributed by atoms with van der Waals surface area (Å²) in [6.45, 7) is 3.50. The molecule has 0 bridgehead atoms. The van der Waals surface area contributed by atoms with Gasteiger partial charge in [-0.1, -0.05) is 37.3 Å². The van der Waals surface area contributed by atoms with Crippen molar-refractivity contribution in [3.63, 3.8) is 0 Å². The molecule has 164 valence electrons. The van der Waals surface area contributed by atoms with Gasteiger partial charge in [-0.25, -0.2) is 4.98 Å². The van der Waals surface area contributed by atoms with Crippen LogP contribution in [0.1, 0.15) is 35.7 Å². The van der Waals surface area contributed by atoms with Crippen molar-refractivity contribution in [2.75, 3.05) is 17.7 Å². The van der Waals surface area contributed by atoms with Gasteiger partial charge in [0.15, 0.2) is 0 Å². The molecule has 0 unspecified atom stereocenters. The number of aryl methyl sites for hydroxylation is 2. The minimum atomic E-state index is -0.179. The van der Waals surface area contributed by atoms with Crippen LogP contribution in [-0.4, -0.2) is 22.1 Å². The van der Waals surface area contributed by atoms with Crippen molar-refractivity contribution in [1.29, 1.82) is 0 Å². The summed E-state index contributed by atoms with van der Waals surface area (Å²) in [5, 5.41) is 2.94. The van der Waals surface area contributed by atoms with Gasteiger partial charge < -0.3 is 20.4 Å². The van der Waals surface area contributed by atoms with Crippen molar-refractivity contribution in [2.24, 2.45) is 0 Å². The second-order valence-corrected chi connectivity index (χ2v) is 7.74. The van der Waals surface area contributed by atoms with E-state index in [2.05, 4.69) is 41.5 Å². The van der Waals surface area contributed by atoms with Gasteiger partial charge in [-0.05, 0) is 67.3 Å². The number of fused-ring (bicyclic) bond motifs is 1. The number of anilines is 2. The molecule has 1 amide bonds. The molecule has 1 heterocycles. The highest BCUT2D eigenvalue weighted by atomic mass is 16.5. The number of nitrogens with one attached hydrogen (secondary N) is 1. The molecule has 3 aromatic carbocycles. The smallest absolute Gasteiger partial charge is 0.255 e. The summed E-state index contributed by atoms with van der Waals surface area (Å²) in [6, 6.07) is 23.3. The second-order valence-electron chi connectivity index (χ2n) is 7.74. The SMILES string of the molecule is CCCOc1ccc(C(=O)Nc2ccc3c(c2)nc(N)n3CCCc2ccccc2)cc1. The molecular formula is C26H28N4O2. The molecule has 0 radical (unpaired) electrons. The fraction of sp³-hybridized carbons (Fsp3) is 0.231. The molecule has 6 nitrogen and oxygen atoms in total. The van der Waals surface area contributed by atoms with E-state index in [9.17, 15) is 4.79 Å². The quantitative estimate of drug-likeness (QED) is 0.379. The number of nitrogens with two attached hydrogens (primary N) is 1. The average Bonchev–Trinajstić information content (AvgIpc) is 3.13. The molecule has 0 saturated carbocycles. The first kappa shape index (κ1) is 21.4. The van der Waals surface area contributed by atoms with E-state index in [1.165, 1.54) is 5.56 Å². The fourth-order valence-corrected chi connectivity index (χ4v) is 3.67. The monoisotopic (exact) mass is 428 g/mol. The molecule has 6 heteroatoms. The molecule has 4 rings (SSSR count). The van der Waals surface area contributed by atoms with Crippen LogP contribution in [0.2, 0.25) is 0 Å². The highest BCUT2D eigenvalue weighted by Crippen LogP contribution is 2.23. The van der Waals surface area contributed by atoms with Crippen LogP contribution < -0.4 is 15.8 Å². The molecule has 32 heavy (non-hydrogen) atoms. The zero-order valence-corrected chi connectivity index (χ0v) is 18.3. The van der Waals surface area contributed by atoms with Gasteiger partial charge in [0.1, 0.15) is 5.75 Å². The van der Waals surface area contributed by atoms with E-state index in [1.54, 1.807) is 12.1 Å². The predicted octanol–water partition coefficient (Wildman–Crippen LogP) is 5.29. The summed E-state index contributed by atoms with van der Waals surface area (Å²) in [5.74, 6) is 1.07. The lowest BCUT2D eigenvalue weighted by atomic mass is 10.1. The molecule has 0 fully saturated rings. The maximum atomic E-state index is 12.6. The van der Waals surface area contributed by atoms with Crippen LogP contribution in [0.15, 0.2) is 72.8 Å². The second kappa shape index (κ2) is 10.0. The van der Waals surface area contributed by atoms with Crippen molar-refractivity contribution in [3.05, 3.63) is 83.9 Å². The van der Waals surface area contributed by atoms with E-state index in [4.69, 9.17) is 10.5 Å². The topological polar surface area (TPSA) is 82.2 Å². The number of aromatic nitrogens is 2. The van der Waals surface area contributed by atoms with Gasteiger partial charge in [-0.15, -0.1) is 0 Å². The minimum Gasteiger partial charge on any atom is -0.494 e. The van der Waals surface area contributed by atoms with Gasteiger partial charge in [0.25, 0.3) is 5.91 Å². The van der Waals surface area contributed by atoms with E-state index < -0.39 is 0 Å². The van der Waals surface area contributed by atoms with Crippen molar-refractivity contribution in [2.45, 2.75) is 32.7 Å². The molecule has 0 atom stereocenters. The number of carbonyl (C=O) groups excluding carboxylic acids is 1. The zero-order valence-electron chi connectivity index (χ0n) is 18.3. The Bertz CT molecular complexity index is 1180. The number of rotatable bonds is 9. The molecule has 0 aliphatic heterocycles. The predicted molar refractivity (Wildman–Crippen MR) is 129 cm³/mol. The molecular weight excluding hydrogens is 400 g/mol. The number of nitrogens with zero attached hydrogens (tertiary/aromatic N) is 2. The maximum Gasteiger partial charge on any atom is 0.255 e. The summed E-state index contributed by atoms with van der Waals surface area (Å²) in [4.78, 5) is 17.1. The number of benzene rings is 3. The molecule has 1 aromatic heterocycles. The molecule has 0 saturated heterocycles. The number of imidazole rings is 1. The summed E-state index contributed by atoms with van der Waals surface area (Å²) < 4.78 is 7.60. The van der Waals surface area contributed by atoms with Crippen LogP contribution in [0.5, 0.6) is 5.75 Å². The van der Waals surface area contributed by atoms with E-state index in [-0.39, 0.29) is 5.91 Å². The largest absolute Gasteiger partial charge is 0.494 e. The van der Waals surface area contributed by atoms with Crippen LogP contribution in [0.4, 0.5) is 11.6 Å². The molecule has 0 aliphatic rings. The van der Waals surface area contributed by atoms with Gasteiger partial charge >= 0.3 is 0 Å². The van der Waals surface area contributed by atoms with Crippen LogP contribution in [0, 0.1) is 0 Å². The van der Waals surface area contributed by atoms with E-state index >= 15 is 0 Å². The lowest BCUT2D eigenvalue weighted by molar-refractivity contribution is 0.102. The molecule has 0 spiro atoms.